The van der Waals surface area contributed by atoms with E-state index in [1.54, 1.807) is 28.4 Å². The van der Waals surface area contributed by atoms with Crippen LogP contribution in [0.1, 0.15) is 16.1 Å². The Hall–Kier alpha value is -3.30. The van der Waals surface area contributed by atoms with Crippen LogP contribution in [0, 0.1) is 6.92 Å². The number of benzene rings is 2. The zero-order valence-electron chi connectivity index (χ0n) is 18.4. The molecule has 0 spiro atoms. The highest BCUT2D eigenvalue weighted by atomic mass is 35.5. The maximum atomic E-state index is 13.0. The van der Waals surface area contributed by atoms with Crippen LogP contribution in [0.5, 0.6) is 11.5 Å². The van der Waals surface area contributed by atoms with E-state index in [0.29, 0.717) is 47.5 Å². The molecule has 4 aromatic rings. The molecule has 1 N–H and O–H groups in total. The Kier molecular flexibility index (Phi) is 5.59. The number of urea groups is 1. The van der Waals surface area contributed by atoms with Crippen LogP contribution in [-0.4, -0.2) is 46.3 Å². The highest BCUT2D eigenvalue weighted by molar-refractivity contribution is 7.17. The molecule has 0 atom stereocenters. The lowest BCUT2D eigenvalue weighted by molar-refractivity contribution is 0.206. The lowest BCUT2D eigenvalue weighted by Gasteiger charge is -2.27. The molecule has 0 saturated carbocycles. The van der Waals surface area contributed by atoms with Gasteiger partial charge in [0.05, 0.1) is 37.2 Å². The van der Waals surface area contributed by atoms with Crippen molar-refractivity contribution in [2.45, 2.75) is 19.9 Å². The molecular formula is C23H22ClN5O3S. The first kappa shape index (κ1) is 21.5. The molecule has 0 aliphatic carbocycles. The van der Waals surface area contributed by atoms with Crippen molar-refractivity contribution < 1.29 is 14.3 Å². The van der Waals surface area contributed by atoms with E-state index in [0.717, 1.165) is 21.1 Å². The van der Waals surface area contributed by atoms with Crippen LogP contribution >= 0.6 is 22.9 Å². The zero-order chi connectivity index (χ0) is 23.1. The summed E-state index contributed by atoms with van der Waals surface area (Å²) in [5.74, 6) is 1.67. The SMILES string of the molecule is COc1cc(OC)c(NC(=O)N2CCc3c(sc4nc(-c5ccc(C)cc5)nn34)C2)cc1Cl. The average molecular weight is 484 g/mol. The third-order valence-electron chi connectivity index (χ3n) is 5.63. The van der Waals surface area contributed by atoms with E-state index in [1.807, 2.05) is 16.6 Å². The van der Waals surface area contributed by atoms with Gasteiger partial charge in [0.25, 0.3) is 0 Å². The summed E-state index contributed by atoms with van der Waals surface area (Å²) in [6.45, 7) is 3.11. The highest BCUT2D eigenvalue weighted by Gasteiger charge is 2.27. The molecule has 0 saturated heterocycles. The first-order chi connectivity index (χ1) is 16.0. The molecule has 2 aromatic heterocycles. The summed E-state index contributed by atoms with van der Waals surface area (Å²) >= 11 is 7.80. The van der Waals surface area contributed by atoms with Gasteiger partial charge in [0.1, 0.15) is 11.5 Å². The number of anilines is 1. The molecule has 33 heavy (non-hydrogen) atoms. The van der Waals surface area contributed by atoms with Crippen molar-refractivity contribution in [3.63, 3.8) is 0 Å². The molecule has 0 radical (unpaired) electrons. The molecule has 8 nitrogen and oxygen atoms in total. The second-order valence-electron chi connectivity index (χ2n) is 7.76. The van der Waals surface area contributed by atoms with Crippen molar-refractivity contribution in [3.8, 4) is 22.9 Å². The number of hydrogen-bond donors (Lipinski definition) is 1. The van der Waals surface area contributed by atoms with Crippen LogP contribution in [0.25, 0.3) is 16.3 Å². The topological polar surface area (TPSA) is 81.0 Å². The number of aromatic nitrogens is 3. The van der Waals surface area contributed by atoms with Gasteiger partial charge >= 0.3 is 6.03 Å². The first-order valence-corrected chi connectivity index (χ1v) is 11.6. The summed E-state index contributed by atoms with van der Waals surface area (Å²) < 4.78 is 12.5. The van der Waals surface area contributed by atoms with E-state index in [-0.39, 0.29) is 6.03 Å². The number of nitrogens with zero attached hydrogens (tertiary/aromatic N) is 4. The predicted octanol–water partition coefficient (Wildman–Crippen LogP) is 5.03. The van der Waals surface area contributed by atoms with Crippen LogP contribution in [0.15, 0.2) is 36.4 Å². The Morgan fingerprint density at radius 2 is 1.91 bits per heavy atom. The Bertz CT molecular complexity index is 1350. The number of ether oxygens (including phenoxy) is 2. The summed E-state index contributed by atoms with van der Waals surface area (Å²) in [6.07, 6.45) is 0.694. The van der Waals surface area contributed by atoms with E-state index in [2.05, 4.69) is 24.4 Å². The van der Waals surface area contributed by atoms with Crippen molar-refractivity contribution in [3.05, 3.63) is 57.6 Å². The van der Waals surface area contributed by atoms with Gasteiger partial charge in [-0.15, -0.1) is 5.10 Å². The van der Waals surface area contributed by atoms with E-state index in [9.17, 15) is 4.79 Å². The van der Waals surface area contributed by atoms with Gasteiger partial charge in [0.2, 0.25) is 4.96 Å². The fourth-order valence-corrected chi connectivity index (χ4v) is 5.20. The smallest absolute Gasteiger partial charge is 0.322 e. The molecule has 0 bridgehead atoms. The molecule has 5 rings (SSSR count). The number of halogens is 1. The number of aryl methyl sites for hydroxylation is 1. The van der Waals surface area contributed by atoms with Gasteiger partial charge < -0.3 is 19.7 Å². The fraction of sp³-hybridized carbons (Fsp3) is 0.261. The molecule has 0 unspecified atom stereocenters. The molecule has 2 amide bonds. The van der Waals surface area contributed by atoms with E-state index in [1.165, 1.54) is 19.8 Å². The molecule has 1 aliphatic heterocycles. The molecule has 1 aliphatic rings. The van der Waals surface area contributed by atoms with Gasteiger partial charge in [-0.2, -0.15) is 4.98 Å². The third kappa shape index (κ3) is 3.98. The monoisotopic (exact) mass is 483 g/mol. The minimum atomic E-state index is -0.223. The number of rotatable bonds is 4. The number of fused-ring (bicyclic) bond motifs is 3. The quantitative estimate of drug-likeness (QED) is 0.440. The first-order valence-electron chi connectivity index (χ1n) is 10.4. The summed E-state index contributed by atoms with van der Waals surface area (Å²) in [6, 6.07) is 11.2. The van der Waals surface area contributed by atoms with E-state index < -0.39 is 0 Å². The number of nitrogens with one attached hydrogen (secondary N) is 1. The Balaban J connectivity index is 1.35. The average Bonchev–Trinajstić information content (AvgIpc) is 3.37. The number of carbonyl (C=O) groups is 1. The summed E-state index contributed by atoms with van der Waals surface area (Å²) in [4.78, 5) is 21.4. The van der Waals surface area contributed by atoms with Gasteiger partial charge in [0.15, 0.2) is 5.82 Å². The molecule has 2 aromatic carbocycles. The van der Waals surface area contributed by atoms with Gasteiger partial charge in [-0.25, -0.2) is 9.31 Å². The van der Waals surface area contributed by atoms with Crippen molar-refractivity contribution in [1.29, 1.82) is 0 Å². The van der Waals surface area contributed by atoms with Gasteiger partial charge in [-0.3, -0.25) is 0 Å². The number of thiazole rings is 1. The number of hydrogen-bond acceptors (Lipinski definition) is 6. The zero-order valence-corrected chi connectivity index (χ0v) is 20.0. The van der Waals surface area contributed by atoms with Crippen LogP contribution in [0.2, 0.25) is 5.02 Å². The van der Waals surface area contributed by atoms with Crippen molar-refractivity contribution in [1.82, 2.24) is 19.5 Å². The normalized spacial score (nSPS) is 13.2. The second-order valence-corrected chi connectivity index (χ2v) is 9.23. The van der Waals surface area contributed by atoms with Crippen LogP contribution in [0.3, 0.4) is 0 Å². The summed E-state index contributed by atoms with van der Waals surface area (Å²) in [7, 11) is 3.06. The molecular weight excluding hydrogens is 462 g/mol. The highest BCUT2D eigenvalue weighted by Crippen LogP contribution is 2.36. The molecule has 170 valence electrons. The van der Waals surface area contributed by atoms with Crippen LogP contribution in [0.4, 0.5) is 10.5 Å². The number of amides is 2. The van der Waals surface area contributed by atoms with Crippen LogP contribution in [-0.2, 0) is 13.0 Å². The molecule has 10 heteroatoms. The maximum Gasteiger partial charge on any atom is 0.322 e. The fourth-order valence-electron chi connectivity index (χ4n) is 3.84. The predicted molar refractivity (Wildman–Crippen MR) is 129 cm³/mol. The van der Waals surface area contributed by atoms with Gasteiger partial charge in [-0.1, -0.05) is 52.8 Å². The largest absolute Gasteiger partial charge is 0.495 e. The lowest BCUT2D eigenvalue weighted by atomic mass is 10.1. The minimum absolute atomic E-state index is 0.223. The van der Waals surface area contributed by atoms with Gasteiger partial charge in [-0.05, 0) is 13.0 Å². The van der Waals surface area contributed by atoms with Crippen molar-refractivity contribution in [2.75, 3.05) is 26.1 Å². The lowest BCUT2D eigenvalue weighted by Crippen LogP contribution is -2.38. The molecule has 3 heterocycles. The molecule has 0 fully saturated rings. The third-order valence-corrected chi connectivity index (χ3v) is 6.99. The summed E-state index contributed by atoms with van der Waals surface area (Å²) in [5.41, 5.74) is 3.79. The van der Waals surface area contributed by atoms with Crippen LogP contribution < -0.4 is 14.8 Å². The van der Waals surface area contributed by atoms with E-state index in [4.69, 9.17) is 31.2 Å². The summed E-state index contributed by atoms with van der Waals surface area (Å²) in [5, 5.41) is 8.02. The number of carbonyl (C=O) groups excluding carboxylic acids is 1. The Morgan fingerprint density at radius 1 is 1.15 bits per heavy atom. The second kappa shape index (κ2) is 8.57. The standard InChI is InChI=1S/C23H22ClN5O3S/c1-13-4-6-14(7-5-13)21-26-23-29(27-21)17-8-9-28(12-20(17)33-23)22(30)25-16-10-15(24)18(31-2)11-19(16)32-3/h4-7,10-11H,8-9,12H2,1-3H3,(H,25,30). The van der Waals surface area contributed by atoms with E-state index >= 15 is 0 Å². The maximum absolute atomic E-state index is 13.0. The van der Waals surface area contributed by atoms with Gasteiger partial charge in [0, 0.05) is 29.5 Å². The van der Waals surface area contributed by atoms with Crippen molar-refractivity contribution >= 4 is 39.6 Å². The Labute approximate surface area is 199 Å². The minimum Gasteiger partial charge on any atom is -0.495 e. The van der Waals surface area contributed by atoms with Crippen molar-refractivity contribution in [2.24, 2.45) is 0 Å². The number of methoxy groups -OCH3 is 2. The Morgan fingerprint density at radius 3 is 2.64 bits per heavy atom.